The zero-order valence-electron chi connectivity index (χ0n) is 11.6. The van der Waals surface area contributed by atoms with Crippen molar-refractivity contribution in [1.29, 1.82) is 0 Å². The Morgan fingerprint density at radius 3 is 2.95 bits per heavy atom. The second-order valence-electron chi connectivity index (χ2n) is 4.86. The van der Waals surface area contributed by atoms with Gasteiger partial charge >= 0.3 is 0 Å². The van der Waals surface area contributed by atoms with Crippen molar-refractivity contribution in [2.24, 2.45) is 10.9 Å². The van der Waals surface area contributed by atoms with Crippen LogP contribution in [0.5, 0.6) is 0 Å². The van der Waals surface area contributed by atoms with Crippen LogP contribution in [0.15, 0.2) is 11.2 Å². The molecular formula is C13H20N4O2. The molecule has 1 saturated heterocycles. The Hall–Kier alpha value is -1.82. The second-order valence-corrected chi connectivity index (χ2v) is 4.86. The maximum atomic E-state index is 8.95. The molecule has 0 bridgehead atoms. The fourth-order valence-electron chi connectivity index (χ4n) is 2.46. The van der Waals surface area contributed by atoms with Crippen molar-refractivity contribution in [2.45, 2.75) is 26.9 Å². The van der Waals surface area contributed by atoms with Crippen LogP contribution in [0.4, 0.5) is 5.69 Å². The molecule has 2 rings (SSSR count). The van der Waals surface area contributed by atoms with Crippen LogP contribution in [0.25, 0.3) is 0 Å². The van der Waals surface area contributed by atoms with Crippen molar-refractivity contribution < 1.29 is 9.94 Å². The molecule has 0 aliphatic carbocycles. The predicted octanol–water partition coefficient (Wildman–Crippen LogP) is 1.02. The van der Waals surface area contributed by atoms with Gasteiger partial charge in [-0.3, -0.25) is 4.98 Å². The van der Waals surface area contributed by atoms with Gasteiger partial charge in [-0.1, -0.05) is 5.16 Å². The SMILES string of the molecule is Cc1cc(N2CCOC(C)C2)c(/C(N)=N/O)c(C)n1. The van der Waals surface area contributed by atoms with Crippen molar-refractivity contribution in [3.05, 3.63) is 23.0 Å². The average Bonchev–Trinajstić information content (AvgIpc) is 2.37. The summed E-state index contributed by atoms with van der Waals surface area (Å²) >= 11 is 0. The quantitative estimate of drug-likeness (QED) is 0.360. The Morgan fingerprint density at radius 2 is 2.32 bits per heavy atom. The maximum absolute atomic E-state index is 8.95. The van der Waals surface area contributed by atoms with Crippen molar-refractivity contribution in [3.63, 3.8) is 0 Å². The lowest BCUT2D eigenvalue weighted by Gasteiger charge is -2.34. The Balaban J connectivity index is 2.48. The van der Waals surface area contributed by atoms with Crippen LogP contribution in [0.2, 0.25) is 0 Å². The third-order valence-corrected chi connectivity index (χ3v) is 3.25. The van der Waals surface area contributed by atoms with Crippen molar-refractivity contribution in [2.75, 3.05) is 24.6 Å². The number of nitrogens with two attached hydrogens (primary N) is 1. The minimum Gasteiger partial charge on any atom is -0.409 e. The van der Waals surface area contributed by atoms with Gasteiger partial charge in [0.2, 0.25) is 0 Å². The molecule has 104 valence electrons. The molecule has 0 radical (unpaired) electrons. The Kier molecular flexibility index (Phi) is 3.90. The zero-order valence-corrected chi connectivity index (χ0v) is 11.6. The molecule has 3 N–H and O–H groups in total. The number of aryl methyl sites for hydroxylation is 2. The van der Waals surface area contributed by atoms with Gasteiger partial charge in [-0.15, -0.1) is 0 Å². The summed E-state index contributed by atoms with van der Waals surface area (Å²) in [6.07, 6.45) is 0.169. The molecule has 1 aromatic heterocycles. The Morgan fingerprint density at radius 1 is 1.58 bits per heavy atom. The van der Waals surface area contributed by atoms with Gasteiger partial charge in [0, 0.05) is 18.8 Å². The highest BCUT2D eigenvalue weighted by atomic mass is 16.5. The van der Waals surface area contributed by atoms with Crippen LogP contribution < -0.4 is 10.6 Å². The predicted molar refractivity (Wildman–Crippen MR) is 73.8 cm³/mol. The molecule has 0 saturated carbocycles. The lowest BCUT2D eigenvalue weighted by molar-refractivity contribution is 0.0532. The summed E-state index contributed by atoms with van der Waals surface area (Å²) in [5.74, 6) is 0.0964. The Bertz CT molecular complexity index is 502. The highest BCUT2D eigenvalue weighted by molar-refractivity contribution is 6.03. The first kappa shape index (κ1) is 13.6. The smallest absolute Gasteiger partial charge is 0.174 e. The number of amidine groups is 1. The molecule has 1 aliphatic rings. The second kappa shape index (κ2) is 5.44. The number of aromatic nitrogens is 1. The molecule has 2 heterocycles. The molecule has 19 heavy (non-hydrogen) atoms. The van der Waals surface area contributed by atoms with E-state index in [9.17, 15) is 0 Å². The van der Waals surface area contributed by atoms with Crippen LogP contribution in [0, 0.1) is 13.8 Å². The van der Waals surface area contributed by atoms with E-state index in [1.165, 1.54) is 0 Å². The van der Waals surface area contributed by atoms with E-state index in [1.54, 1.807) is 0 Å². The van der Waals surface area contributed by atoms with Crippen molar-refractivity contribution in [1.82, 2.24) is 4.98 Å². The number of hydrogen-bond donors (Lipinski definition) is 2. The fraction of sp³-hybridized carbons (Fsp3) is 0.538. The average molecular weight is 264 g/mol. The summed E-state index contributed by atoms with van der Waals surface area (Å²) < 4.78 is 5.55. The number of ether oxygens (including phenoxy) is 1. The van der Waals surface area contributed by atoms with Crippen molar-refractivity contribution >= 4 is 11.5 Å². The van der Waals surface area contributed by atoms with E-state index < -0.39 is 0 Å². The van der Waals surface area contributed by atoms with Crippen molar-refractivity contribution in [3.8, 4) is 0 Å². The number of nitrogens with zero attached hydrogens (tertiary/aromatic N) is 3. The van der Waals surface area contributed by atoms with Crippen LogP contribution in [-0.2, 0) is 4.74 Å². The topological polar surface area (TPSA) is 84.0 Å². The van der Waals surface area contributed by atoms with E-state index in [1.807, 2.05) is 26.8 Å². The molecule has 1 aliphatic heterocycles. The number of hydrogen-bond acceptors (Lipinski definition) is 5. The molecule has 1 fully saturated rings. The standard InChI is InChI=1S/C13H20N4O2/c1-8-6-11(17-4-5-19-9(2)7-17)12(10(3)15-8)13(14)16-18/h6,9,18H,4-5,7H2,1-3H3,(H2,14,16). The monoisotopic (exact) mass is 264 g/mol. The molecule has 0 aromatic carbocycles. The molecular weight excluding hydrogens is 244 g/mol. The molecule has 0 amide bonds. The number of pyridine rings is 1. The first-order valence-corrected chi connectivity index (χ1v) is 6.35. The van der Waals surface area contributed by atoms with E-state index in [2.05, 4.69) is 15.0 Å². The lowest BCUT2D eigenvalue weighted by Crippen LogP contribution is -2.42. The molecule has 1 aromatic rings. The number of oxime groups is 1. The van der Waals surface area contributed by atoms with Gasteiger partial charge < -0.3 is 20.6 Å². The maximum Gasteiger partial charge on any atom is 0.174 e. The van der Waals surface area contributed by atoms with E-state index in [0.717, 1.165) is 30.2 Å². The molecule has 6 heteroatoms. The summed E-state index contributed by atoms with van der Waals surface area (Å²) in [4.78, 5) is 6.58. The minimum atomic E-state index is 0.0964. The first-order chi connectivity index (χ1) is 9.02. The summed E-state index contributed by atoms with van der Waals surface area (Å²) in [7, 11) is 0. The van der Waals surface area contributed by atoms with Gasteiger partial charge in [0.15, 0.2) is 5.84 Å². The Labute approximate surface area is 112 Å². The van der Waals surface area contributed by atoms with Gasteiger partial charge in [-0.2, -0.15) is 0 Å². The first-order valence-electron chi connectivity index (χ1n) is 6.35. The van der Waals surface area contributed by atoms with E-state index in [0.29, 0.717) is 12.2 Å². The summed E-state index contributed by atoms with van der Waals surface area (Å²) in [6, 6.07) is 1.97. The van der Waals surface area contributed by atoms with E-state index in [4.69, 9.17) is 15.7 Å². The third kappa shape index (κ3) is 2.78. The van der Waals surface area contributed by atoms with E-state index >= 15 is 0 Å². The largest absolute Gasteiger partial charge is 0.409 e. The molecule has 0 spiro atoms. The fourth-order valence-corrected chi connectivity index (χ4v) is 2.46. The molecule has 6 nitrogen and oxygen atoms in total. The normalized spacial score (nSPS) is 20.7. The minimum absolute atomic E-state index is 0.0964. The zero-order chi connectivity index (χ0) is 14.0. The summed E-state index contributed by atoms with van der Waals surface area (Å²) in [6.45, 7) is 8.10. The lowest BCUT2D eigenvalue weighted by atomic mass is 10.1. The van der Waals surface area contributed by atoms with Gasteiger partial charge in [0.05, 0.1) is 29.7 Å². The molecule has 1 unspecified atom stereocenters. The number of anilines is 1. The van der Waals surface area contributed by atoms with Crippen LogP contribution in [0.1, 0.15) is 23.9 Å². The van der Waals surface area contributed by atoms with Gasteiger partial charge in [0.25, 0.3) is 0 Å². The number of morpholine rings is 1. The van der Waals surface area contributed by atoms with Gasteiger partial charge in [-0.25, -0.2) is 0 Å². The van der Waals surface area contributed by atoms with E-state index in [-0.39, 0.29) is 11.9 Å². The van der Waals surface area contributed by atoms with Gasteiger partial charge in [-0.05, 0) is 26.8 Å². The van der Waals surface area contributed by atoms with Gasteiger partial charge in [0.1, 0.15) is 0 Å². The summed E-state index contributed by atoms with van der Waals surface area (Å²) in [5, 5.41) is 12.1. The summed E-state index contributed by atoms with van der Waals surface area (Å²) in [5.41, 5.74) is 9.13. The number of rotatable bonds is 2. The van der Waals surface area contributed by atoms with Crippen LogP contribution in [-0.4, -0.2) is 41.8 Å². The molecule has 1 atom stereocenters. The third-order valence-electron chi connectivity index (χ3n) is 3.25. The highest BCUT2D eigenvalue weighted by Crippen LogP contribution is 2.25. The highest BCUT2D eigenvalue weighted by Gasteiger charge is 2.22. The van der Waals surface area contributed by atoms with Crippen LogP contribution in [0.3, 0.4) is 0 Å². The van der Waals surface area contributed by atoms with Crippen LogP contribution >= 0.6 is 0 Å².